The van der Waals surface area contributed by atoms with Crippen molar-refractivity contribution in [2.24, 2.45) is 0 Å². The third-order valence-electron chi connectivity index (χ3n) is 18.8. The van der Waals surface area contributed by atoms with Gasteiger partial charge in [0.1, 0.15) is 0 Å². The van der Waals surface area contributed by atoms with Gasteiger partial charge in [-0.15, -0.1) is 0 Å². The van der Waals surface area contributed by atoms with E-state index in [9.17, 15) is 31.6 Å². The summed E-state index contributed by atoms with van der Waals surface area (Å²) < 4.78 is 4.45. The van der Waals surface area contributed by atoms with Crippen molar-refractivity contribution >= 4 is 43.6 Å². The zero-order valence-electron chi connectivity index (χ0n) is 55.0. The molecule has 0 saturated carbocycles. The fourth-order valence-corrected chi connectivity index (χ4v) is 14.1. The van der Waals surface area contributed by atoms with Gasteiger partial charge in [-0.3, -0.25) is 0 Å². The molecule has 13 aromatic carbocycles. The fourth-order valence-electron chi connectivity index (χ4n) is 14.1. The van der Waals surface area contributed by atoms with Crippen LogP contribution < -0.4 is 0 Å². The maximum absolute atomic E-state index is 10.5. The van der Waals surface area contributed by atoms with Crippen LogP contribution in [-0.2, 0) is 0 Å². The third-order valence-corrected chi connectivity index (χ3v) is 18.8. The molecule has 4 heterocycles. The molecule has 0 unspecified atom stereocenters. The molecular formula is C90H48N14. The average molecular weight is 1330 g/mol. The third kappa shape index (κ3) is 10.9. The van der Waals surface area contributed by atoms with Crippen LogP contribution in [0.1, 0.15) is 33.4 Å². The van der Waals surface area contributed by atoms with Crippen LogP contribution in [0.15, 0.2) is 291 Å². The predicted octanol–water partition coefficient (Wildman–Crippen LogP) is 20.2. The maximum atomic E-state index is 10.5. The van der Waals surface area contributed by atoms with Gasteiger partial charge >= 0.3 is 0 Å². The number of hydrogen-bond donors (Lipinski definition) is 0. The summed E-state index contributed by atoms with van der Waals surface area (Å²) in [5, 5.41) is 65.3. The van der Waals surface area contributed by atoms with Gasteiger partial charge in [0.05, 0.1) is 103 Å². The fraction of sp³-hybridized carbons (Fsp3) is 0. The van der Waals surface area contributed by atoms with Crippen LogP contribution >= 0.6 is 0 Å². The highest BCUT2D eigenvalue weighted by Gasteiger charge is 2.26. The Kier molecular flexibility index (Phi) is 15.5. The van der Waals surface area contributed by atoms with Crippen LogP contribution in [0.4, 0.5) is 0 Å². The average Bonchev–Trinajstić information content (AvgIpc) is 1.57. The van der Waals surface area contributed by atoms with E-state index in [-0.39, 0.29) is 33.4 Å². The largest absolute Gasteiger partial charge is 0.308 e. The Balaban J connectivity index is 0.884. The molecule has 14 nitrogen and oxygen atoms in total. The molecule has 0 aliphatic carbocycles. The first-order chi connectivity index (χ1) is 51.3. The molecule has 0 bridgehead atoms. The van der Waals surface area contributed by atoms with Crippen molar-refractivity contribution in [2.75, 3.05) is 0 Å². The number of fused-ring (bicyclic) bond motifs is 6. The van der Waals surface area contributed by atoms with Crippen LogP contribution in [0.2, 0.25) is 0 Å². The molecule has 0 spiro atoms. The Morgan fingerprint density at radius 3 is 0.837 bits per heavy atom. The normalized spacial score (nSPS) is 11.0. The molecule has 14 heteroatoms. The number of benzene rings is 13. The lowest BCUT2D eigenvalue weighted by Crippen LogP contribution is -2.04. The van der Waals surface area contributed by atoms with Crippen molar-refractivity contribution in [1.82, 2.24) is 39.0 Å². The molecule has 0 saturated heterocycles. The van der Waals surface area contributed by atoms with E-state index in [4.69, 9.17) is 29.9 Å². The van der Waals surface area contributed by atoms with Gasteiger partial charge in [0, 0.05) is 66.1 Å². The number of nitrogens with zero attached hydrogens (tertiary/aromatic N) is 14. The minimum Gasteiger partial charge on any atom is -0.308 e. The van der Waals surface area contributed by atoms with E-state index in [2.05, 4.69) is 130 Å². The summed E-state index contributed by atoms with van der Waals surface area (Å²) in [7, 11) is 0. The number of nitriles is 6. The van der Waals surface area contributed by atoms with Crippen LogP contribution in [0.3, 0.4) is 0 Å². The lowest BCUT2D eigenvalue weighted by Gasteiger charge is -2.18. The van der Waals surface area contributed by atoms with Crippen molar-refractivity contribution in [3.05, 3.63) is 325 Å². The van der Waals surface area contributed by atoms with E-state index < -0.39 is 0 Å². The van der Waals surface area contributed by atoms with Crippen LogP contribution in [0.5, 0.6) is 0 Å². The summed E-state index contributed by atoms with van der Waals surface area (Å²) in [4.78, 5) is 31.4. The molecule has 4 aromatic heterocycles. The molecule has 0 N–H and O–H groups in total. The van der Waals surface area contributed by atoms with Crippen molar-refractivity contribution in [1.29, 1.82) is 31.6 Å². The summed E-state index contributed by atoms with van der Waals surface area (Å²) in [5.41, 5.74) is 16.8. The zero-order valence-corrected chi connectivity index (χ0v) is 55.0. The molecule has 478 valence electrons. The lowest BCUT2D eigenvalue weighted by atomic mass is 9.92. The van der Waals surface area contributed by atoms with Crippen molar-refractivity contribution in [3.63, 3.8) is 0 Å². The van der Waals surface area contributed by atoms with E-state index in [0.717, 1.165) is 111 Å². The van der Waals surface area contributed by atoms with E-state index >= 15 is 0 Å². The SMILES string of the molecule is N#Cc1cc(C#N)c(-c2ccc3c(c2)c2ccccc2n3-c2cc(-c3cccc(-c4ccc(-c5nc(-c6ccccc6)nc(-c6ccccc6)n5)c(-n5c6ccccc6c6cc(-c7c(C#N)cc(C#N)cc7C#N)ccc65)c4)c3)ccc2-c2nc(-c3ccccc3)nc(-c3ccccc3)n2)c(C#N)c1. The summed E-state index contributed by atoms with van der Waals surface area (Å²) in [6.07, 6.45) is 0. The van der Waals surface area contributed by atoms with Gasteiger partial charge in [0.25, 0.3) is 0 Å². The zero-order chi connectivity index (χ0) is 70.4. The maximum Gasteiger partial charge on any atom is 0.166 e. The highest BCUT2D eigenvalue weighted by atomic mass is 15.1. The van der Waals surface area contributed by atoms with Gasteiger partial charge in [-0.25, -0.2) is 29.9 Å². The van der Waals surface area contributed by atoms with E-state index in [0.29, 0.717) is 57.2 Å². The molecule has 0 atom stereocenters. The second-order valence-corrected chi connectivity index (χ2v) is 24.9. The van der Waals surface area contributed by atoms with Crippen molar-refractivity contribution in [3.8, 4) is 161 Å². The molecule has 0 radical (unpaired) electrons. The Bertz CT molecular complexity index is 6090. The monoisotopic (exact) mass is 1320 g/mol. The first-order valence-corrected chi connectivity index (χ1v) is 33.2. The first kappa shape index (κ1) is 62.0. The van der Waals surface area contributed by atoms with Gasteiger partial charge in [-0.05, 0) is 124 Å². The van der Waals surface area contributed by atoms with Crippen LogP contribution in [-0.4, -0.2) is 39.0 Å². The number of rotatable bonds is 12. The standard InChI is InChI=1S/C90H48N14/c91-49-55-40-67(51-93)83(68(41-55)52-94)65-34-38-79-75(45-65)71-28-13-15-30-77(71)103(79)81-47-63(32-36-73(81)89-99-85(57-18-5-1-6-19-57)97-86(100-89)58-20-7-2-8-21-58)61-26-17-27-62(44-61)64-33-37-74(90-101-87(59-22-9-3-10-23-59)98-88(102-90)60-24-11-4-12-25-60)82(48-64)104-78-31-16-14-29-72(78)76-46-66(35-39-80(76)104)84-69(53-95)42-56(50-92)43-70(84)54-96/h1-48H. The first-order valence-electron chi connectivity index (χ1n) is 33.2. The molecule has 17 aromatic rings. The molecule has 0 amide bonds. The highest BCUT2D eigenvalue weighted by Crippen LogP contribution is 2.44. The Hall–Kier alpha value is -15.6. The number of aromatic nitrogens is 8. The predicted molar refractivity (Wildman–Crippen MR) is 405 cm³/mol. The van der Waals surface area contributed by atoms with Crippen molar-refractivity contribution in [2.45, 2.75) is 0 Å². The van der Waals surface area contributed by atoms with Gasteiger partial charge in [-0.2, -0.15) is 31.6 Å². The molecular weight excluding hydrogens is 1280 g/mol. The van der Waals surface area contributed by atoms with Gasteiger partial charge in [0.2, 0.25) is 0 Å². The second kappa shape index (κ2) is 26.0. The minimum absolute atomic E-state index is 0.222. The van der Waals surface area contributed by atoms with E-state index in [1.165, 1.54) is 24.3 Å². The van der Waals surface area contributed by atoms with Gasteiger partial charge in [-0.1, -0.05) is 200 Å². The Morgan fingerprint density at radius 1 is 0.212 bits per heavy atom. The van der Waals surface area contributed by atoms with Gasteiger partial charge in [0.15, 0.2) is 34.9 Å². The summed E-state index contributed by atoms with van der Waals surface area (Å²) in [6, 6.07) is 108. The molecule has 0 fully saturated rings. The summed E-state index contributed by atoms with van der Waals surface area (Å²) in [6.45, 7) is 0. The number of hydrogen-bond acceptors (Lipinski definition) is 12. The van der Waals surface area contributed by atoms with Crippen LogP contribution in [0.25, 0.3) is 168 Å². The highest BCUT2D eigenvalue weighted by molar-refractivity contribution is 6.13. The quantitative estimate of drug-likeness (QED) is 0.111. The Morgan fingerprint density at radius 2 is 0.500 bits per heavy atom. The van der Waals surface area contributed by atoms with E-state index in [1.807, 2.05) is 182 Å². The molecule has 0 aliphatic heterocycles. The molecule has 104 heavy (non-hydrogen) atoms. The summed E-state index contributed by atoms with van der Waals surface area (Å²) >= 11 is 0. The van der Waals surface area contributed by atoms with Crippen LogP contribution in [0, 0.1) is 68.0 Å². The smallest absolute Gasteiger partial charge is 0.166 e. The summed E-state index contributed by atoms with van der Waals surface area (Å²) in [5.74, 6) is 2.88. The van der Waals surface area contributed by atoms with Gasteiger partial charge < -0.3 is 9.13 Å². The van der Waals surface area contributed by atoms with E-state index in [1.54, 1.807) is 0 Å². The minimum atomic E-state index is 0.222. The second-order valence-electron chi connectivity index (χ2n) is 24.9. The van der Waals surface area contributed by atoms with Crippen molar-refractivity contribution < 1.29 is 0 Å². The molecule has 0 aliphatic rings. The topological polar surface area (TPSA) is 230 Å². The Labute approximate surface area is 596 Å². The number of para-hydroxylation sites is 2. The lowest BCUT2D eigenvalue weighted by molar-refractivity contribution is 1.06. The molecule has 17 rings (SSSR count).